The molecule has 0 N–H and O–H groups in total. The average molecular weight is 358 g/mol. The van der Waals surface area contributed by atoms with Gasteiger partial charge in [-0.2, -0.15) is 0 Å². The normalized spacial score (nSPS) is 12.1. The highest BCUT2D eigenvalue weighted by Gasteiger charge is 2.14. The molecule has 2 aromatic rings. The molecule has 1 unspecified atom stereocenters. The van der Waals surface area contributed by atoms with E-state index >= 15 is 0 Å². The Labute approximate surface area is 127 Å². The van der Waals surface area contributed by atoms with Gasteiger partial charge >= 0.3 is 0 Å². The van der Waals surface area contributed by atoms with E-state index in [0.717, 1.165) is 0 Å². The molecule has 0 aliphatic heterocycles. The molecular formula is C14H10BrClO2S. The number of Topliss-reactive ketones (excluding diaryl/α,β-unsaturated/α-hetero) is 1. The van der Waals surface area contributed by atoms with Crippen LogP contribution < -0.4 is 0 Å². The van der Waals surface area contributed by atoms with Crippen LogP contribution in [-0.2, 0) is 10.8 Å². The van der Waals surface area contributed by atoms with E-state index < -0.39 is 10.8 Å². The summed E-state index contributed by atoms with van der Waals surface area (Å²) >= 11 is 9.08. The van der Waals surface area contributed by atoms with Crippen molar-refractivity contribution in [2.24, 2.45) is 0 Å². The summed E-state index contributed by atoms with van der Waals surface area (Å²) in [5, 5.41) is 0.581. The minimum atomic E-state index is -1.36. The first-order valence-electron chi connectivity index (χ1n) is 5.49. The lowest BCUT2D eigenvalue weighted by atomic mass is 10.1. The smallest absolute Gasteiger partial charge is 0.176 e. The van der Waals surface area contributed by atoms with Gasteiger partial charge in [0.2, 0.25) is 0 Å². The molecule has 0 heterocycles. The molecular weight excluding hydrogens is 348 g/mol. The maximum Gasteiger partial charge on any atom is 0.176 e. The molecule has 0 fully saturated rings. The van der Waals surface area contributed by atoms with Gasteiger partial charge in [0.25, 0.3) is 0 Å². The molecule has 2 aromatic carbocycles. The van der Waals surface area contributed by atoms with Gasteiger partial charge in [-0.1, -0.05) is 45.7 Å². The van der Waals surface area contributed by atoms with Crippen LogP contribution >= 0.6 is 27.5 Å². The maximum absolute atomic E-state index is 12.1. The number of carbonyl (C=O) groups excluding carboxylic acids is 1. The topological polar surface area (TPSA) is 34.1 Å². The first kappa shape index (κ1) is 14.4. The van der Waals surface area contributed by atoms with Crippen LogP contribution in [-0.4, -0.2) is 15.7 Å². The number of rotatable bonds is 4. The SMILES string of the molecule is O=C(CS(=O)c1ccc(Cl)cc1)c1ccccc1Br. The van der Waals surface area contributed by atoms with Crippen molar-refractivity contribution in [3.05, 3.63) is 63.6 Å². The van der Waals surface area contributed by atoms with Crippen LogP contribution in [0.5, 0.6) is 0 Å². The number of ketones is 1. The average Bonchev–Trinajstić information content (AvgIpc) is 2.39. The maximum atomic E-state index is 12.1. The van der Waals surface area contributed by atoms with Crippen molar-refractivity contribution in [3.8, 4) is 0 Å². The summed E-state index contributed by atoms with van der Waals surface area (Å²) in [6, 6.07) is 13.8. The van der Waals surface area contributed by atoms with Crippen molar-refractivity contribution in [1.29, 1.82) is 0 Å². The number of hydrogen-bond acceptors (Lipinski definition) is 2. The van der Waals surface area contributed by atoms with Crippen molar-refractivity contribution in [3.63, 3.8) is 0 Å². The molecule has 0 bridgehead atoms. The van der Waals surface area contributed by atoms with Crippen LogP contribution in [0.1, 0.15) is 10.4 Å². The van der Waals surface area contributed by atoms with E-state index in [9.17, 15) is 9.00 Å². The van der Waals surface area contributed by atoms with E-state index in [2.05, 4.69) is 15.9 Å². The van der Waals surface area contributed by atoms with E-state index in [1.165, 1.54) is 0 Å². The molecule has 2 nitrogen and oxygen atoms in total. The largest absolute Gasteiger partial charge is 0.293 e. The lowest BCUT2D eigenvalue weighted by Crippen LogP contribution is -2.11. The molecule has 0 aliphatic carbocycles. The summed E-state index contributed by atoms with van der Waals surface area (Å²) in [5.74, 6) is -0.190. The van der Waals surface area contributed by atoms with E-state index in [-0.39, 0.29) is 11.5 Å². The first-order valence-corrected chi connectivity index (χ1v) is 7.98. The van der Waals surface area contributed by atoms with Gasteiger partial charge in [-0.15, -0.1) is 0 Å². The zero-order valence-corrected chi connectivity index (χ0v) is 13.0. The highest BCUT2D eigenvalue weighted by atomic mass is 79.9. The Morgan fingerprint density at radius 1 is 1.11 bits per heavy atom. The Morgan fingerprint density at radius 2 is 1.74 bits per heavy atom. The van der Waals surface area contributed by atoms with Crippen molar-refractivity contribution >= 4 is 44.1 Å². The molecule has 0 aromatic heterocycles. The third-order valence-electron chi connectivity index (χ3n) is 2.51. The fourth-order valence-corrected chi connectivity index (χ4v) is 3.19. The fraction of sp³-hybridized carbons (Fsp3) is 0.0714. The van der Waals surface area contributed by atoms with Crippen LogP contribution in [0.2, 0.25) is 5.02 Å². The summed E-state index contributed by atoms with van der Waals surface area (Å²) in [6.45, 7) is 0. The van der Waals surface area contributed by atoms with Crippen molar-refractivity contribution in [2.75, 3.05) is 5.75 Å². The standard InChI is InChI=1S/C14H10BrClO2S/c15-13-4-2-1-3-12(13)14(17)9-19(18)11-7-5-10(16)6-8-11/h1-8H,9H2. The quantitative estimate of drug-likeness (QED) is 0.772. The molecule has 0 aliphatic rings. The summed E-state index contributed by atoms with van der Waals surface area (Å²) in [7, 11) is -1.36. The lowest BCUT2D eigenvalue weighted by molar-refractivity contribution is 0.102. The Bertz CT molecular complexity index is 626. The Balaban J connectivity index is 2.13. The zero-order chi connectivity index (χ0) is 13.8. The van der Waals surface area contributed by atoms with Gasteiger partial charge in [-0.25, -0.2) is 0 Å². The molecule has 1 atom stereocenters. The minimum absolute atomic E-state index is 0.0375. The zero-order valence-electron chi connectivity index (χ0n) is 9.81. The third-order valence-corrected chi connectivity index (χ3v) is 4.78. The summed E-state index contributed by atoms with van der Waals surface area (Å²) in [5.41, 5.74) is 0.546. The van der Waals surface area contributed by atoms with Gasteiger partial charge in [0.05, 0.1) is 16.6 Å². The van der Waals surface area contributed by atoms with E-state index in [1.54, 1.807) is 42.5 Å². The molecule has 19 heavy (non-hydrogen) atoms. The Morgan fingerprint density at radius 3 is 2.37 bits per heavy atom. The monoisotopic (exact) mass is 356 g/mol. The Kier molecular flexibility index (Phi) is 4.91. The van der Waals surface area contributed by atoms with E-state index in [0.29, 0.717) is 20.0 Å². The molecule has 2 rings (SSSR count). The summed E-state index contributed by atoms with van der Waals surface area (Å²) in [6.07, 6.45) is 0. The number of benzene rings is 2. The molecule has 5 heteroatoms. The second-order valence-corrected chi connectivity index (χ2v) is 6.59. The number of carbonyl (C=O) groups is 1. The summed E-state index contributed by atoms with van der Waals surface area (Å²) in [4.78, 5) is 12.7. The molecule has 0 radical (unpaired) electrons. The molecule has 98 valence electrons. The van der Waals surface area contributed by atoms with Gasteiger partial charge in [0.1, 0.15) is 0 Å². The van der Waals surface area contributed by atoms with Gasteiger partial charge < -0.3 is 0 Å². The Hall–Kier alpha value is -0.970. The number of halogens is 2. The van der Waals surface area contributed by atoms with Crippen LogP contribution in [0.3, 0.4) is 0 Å². The molecule has 0 saturated carbocycles. The molecule has 0 saturated heterocycles. The van der Waals surface area contributed by atoms with Crippen LogP contribution in [0, 0.1) is 0 Å². The fourth-order valence-electron chi connectivity index (χ4n) is 1.55. The highest BCUT2D eigenvalue weighted by Crippen LogP contribution is 2.18. The predicted octanol–water partition coefficient (Wildman–Crippen LogP) is 4.09. The second kappa shape index (κ2) is 6.46. The van der Waals surface area contributed by atoms with Crippen LogP contribution in [0.4, 0.5) is 0 Å². The highest BCUT2D eigenvalue weighted by molar-refractivity contribution is 9.10. The van der Waals surface area contributed by atoms with Crippen molar-refractivity contribution < 1.29 is 9.00 Å². The lowest BCUT2D eigenvalue weighted by Gasteiger charge is -2.04. The van der Waals surface area contributed by atoms with Gasteiger partial charge in [-0.05, 0) is 30.3 Å². The predicted molar refractivity (Wildman–Crippen MR) is 81.2 cm³/mol. The third kappa shape index (κ3) is 3.75. The van der Waals surface area contributed by atoms with Crippen molar-refractivity contribution in [2.45, 2.75) is 4.90 Å². The van der Waals surface area contributed by atoms with Gasteiger partial charge in [0.15, 0.2) is 5.78 Å². The van der Waals surface area contributed by atoms with E-state index in [4.69, 9.17) is 11.6 Å². The summed E-state index contributed by atoms with van der Waals surface area (Å²) < 4.78 is 12.8. The van der Waals surface area contributed by atoms with Gasteiger partial charge in [0, 0.05) is 20.0 Å². The van der Waals surface area contributed by atoms with Gasteiger partial charge in [-0.3, -0.25) is 9.00 Å². The number of hydrogen-bond donors (Lipinski definition) is 0. The second-order valence-electron chi connectivity index (χ2n) is 3.85. The van der Waals surface area contributed by atoms with E-state index in [1.807, 2.05) is 6.07 Å². The van der Waals surface area contributed by atoms with Crippen molar-refractivity contribution in [1.82, 2.24) is 0 Å². The first-order chi connectivity index (χ1) is 9.08. The van der Waals surface area contributed by atoms with Crippen LogP contribution in [0.15, 0.2) is 57.9 Å². The minimum Gasteiger partial charge on any atom is -0.293 e. The molecule has 0 spiro atoms. The van der Waals surface area contributed by atoms with Crippen LogP contribution in [0.25, 0.3) is 0 Å². The molecule has 0 amide bonds.